The van der Waals surface area contributed by atoms with Crippen LogP contribution < -0.4 is 5.32 Å². The highest BCUT2D eigenvalue weighted by Gasteiger charge is 2.30. The monoisotopic (exact) mass is 212 g/mol. The zero-order valence-electron chi connectivity index (χ0n) is 10.5. The molecule has 0 radical (unpaired) electrons. The van der Waals surface area contributed by atoms with Crippen LogP contribution in [0.5, 0.6) is 0 Å². The minimum Gasteiger partial charge on any atom is -0.338 e. The third-order valence-corrected chi connectivity index (χ3v) is 3.50. The molecule has 0 aromatic carbocycles. The Morgan fingerprint density at radius 1 is 1.40 bits per heavy atom. The van der Waals surface area contributed by atoms with Crippen LogP contribution in [-0.2, 0) is 0 Å². The van der Waals surface area contributed by atoms with Crippen molar-refractivity contribution >= 4 is 6.03 Å². The summed E-state index contributed by atoms with van der Waals surface area (Å²) < 4.78 is 0. The number of nitrogens with zero attached hydrogens (tertiary/aromatic N) is 1. The van der Waals surface area contributed by atoms with E-state index in [1.807, 2.05) is 18.9 Å². The lowest BCUT2D eigenvalue weighted by atomic mass is 9.75. The zero-order chi connectivity index (χ0) is 11.5. The predicted octanol–water partition coefficient (Wildman–Crippen LogP) is 2.62. The molecule has 0 atom stereocenters. The van der Waals surface area contributed by atoms with E-state index >= 15 is 0 Å². The molecule has 0 aromatic heterocycles. The van der Waals surface area contributed by atoms with Gasteiger partial charge in [0, 0.05) is 19.6 Å². The van der Waals surface area contributed by atoms with Crippen molar-refractivity contribution in [3.05, 3.63) is 0 Å². The van der Waals surface area contributed by atoms with E-state index in [0.717, 1.165) is 12.8 Å². The van der Waals surface area contributed by atoms with Gasteiger partial charge < -0.3 is 10.2 Å². The van der Waals surface area contributed by atoms with Crippen molar-refractivity contribution in [2.45, 2.75) is 52.5 Å². The number of urea groups is 1. The first-order chi connectivity index (χ1) is 6.96. The van der Waals surface area contributed by atoms with Crippen molar-refractivity contribution in [1.82, 2.24) is 10.2 Å². The van der Waals surface area contributed by atoms with Crippen molar-refractivity contribution in [2.75, 3.05) is 13.6 Å². The Morgan fingerprint density at radius 3 is 2.40 bits per heavy atom. The molecule has 1 saturated carbocycles. The second-order valence-electron chi connectivity index (χ2n) is 5.34. The molecule has 88 valence electrons. The standard InChI is InChI=1S/C12H24N2O/c1-5-13-11(15)14(4)10-6-8-12(2,3)9-7-10/h10H,5-9H2,1-4H3,(H,13,15). The highest BCUT2D eigenvalue weighted by atomic mass is 16.2. The maximum atomic E-state index is 11.6. The topological polar surface area (TPSA) is 32.3 Å². The lowest BCUT2D eigenvalue weighted by Crippen LogP contribution is -2.45. The molecule has 0 bridgehead atoms. The highest BCUT2D eigenvalue weighted by molar-refractivity contribution is 5.74. The molecular weight excluding hydrogens is 188 g/mol. The van der Waals surface area contributed by atoms with Crippen LogP contribution in [0, 0.1) is 5.41 Å². The molecule has 2 amide bonds. The van der Waals surface area contributed by atoms with E-state index in [2.05, 4.69) is 19.2 Å². The van der Waals surface area contributed by atoms with Gasteiger partial charge in [-0.15, -0.1) is 0 Å². The first kappa shape index (κ1) is 12.3. The van der Waals surface area contributed by atoms with Crippen molar-refractivity contribution in [1.29, 1.82) is 0 Å². The Morgan fingerprint density at radius 2 is 1.93 bits per heavy atom. The van der Waals surface area contributed by atoms with Crippen LogP contribution in [0.15, 0.2) is 0 Å². The molecule has 3 nitrogen and oxygen atoms in total. The number of carbonyl (C=O) groups excluding carboxylic acids is 1. The summed E-state index contributed by atoms with van der Waals surface area (Å²) in [6.45, 7) is 7.29. The first-order valence-electron chi connectivity index (χ1n) is 5.97. The van der Waals surface area contributed by atoms with Gasteiger partial charge in [-0.3, -0.25) is 0 Å². The molecule has 0 heterocycles. The number of amides is 2. The maximum Gasteiger partial charge on any atom is 0.317 e. The van der Waals surface area contributed by atoms with E-state index in [0.29, 0.717) is 18.0 Å². The summed E-state index contributed by atoms with van der Waals surface area (Å²) in [7, 11) is 1.91. The summed E-state index contributed by atoms with van der Waals surface area (Å²) in [6, 6.07) is 0.506. The van der Waals surface area contributed by atoms with Gasteiger partial charge in [0.25, 0.3) is 0 Å². The summed E-state index contributed by atoms with van der Waals surface area (Å²) in [5, 5.41) is 2.85. The lowest BCUT2D eigenvalue weighted by Gasteiger charge is -2.38. The second kappa shape index (κ2) is 4.86. The van der Waals surface area contributed by atoms with Gasteiger partial charge in [0.2, 0.25) is 0 Å². The third-order valence-electron chi connectivity index (χ3n) is 3.50. The van der Waals surface area contributed by atoms with Gasteiger partial charge in [0.15, 0.2) is 0 Å². The summed E-state index contributed by atoms with van der Waals surface area (Å²) in [4.78, 5) is 13.5. The fraction of sp³-hybridized carbons (Fsp3) is 0.917. The highest BCUT2D eigenvalue weighted by Crippen LogP contribution is 2.36. The lowest BCUT2D eigenvalue weighted by molar-refractivity contribution is 0.135. The van der Waals surface area contributed by atoms with Gasteiger partial charge in [0.05, 0.1) is 0 Å². The summed E-state index contributed by atoms with van der Waals surface area (Å²) in [5.41, 5.74) is 0.471. The van der Waals surface area contributed by atoms with Crippen LogP contribution in [0.25, 0.3) is 0 Å². The molecule has 0 spiro atoms. The quantitative estimate of drug-likeness (QED) is 0.749. The molecule has 1 fully saturated rings. The van der Waals surface area contributed by atoms with Crippen LogP contribution in [0.3, 0.4) is 0 Å². The van der Waals surface area contributed by atoms with Crippen LogP contribution in [0.2, 0.25) is 0 Å². The van der Waals surface area contributed by atoms with E-state index in [1.54, 1.807) is 0 Å². The molecule has 0 aliphatic heterocycles. The van der Waals surface area contributed by atoms with Crippen molar-refractivity contribution < 1.29 is 4.79 Å². The van der Waals surface area contributed by atoms with Crippen LogP contribution >= 0.6 is 0 Å². The fourth-order valence-corrected chi connectivity index (χ4v) is 2.21. The van der Waals surface area contributed by atoms with E-state index in [-0.39, 0.29) is 6.03 Å². The molecule has 15 heavy (non-hydrogen) atoms. The molecular formula is C12H24N2O. The minimum atomic E-state index is 0.0715. The van der Waals surface area contributed by atoms with Gasteiger partial charge in [-0.1, -0.05) is 13.8 Å². The molecule has 0 saturated heterocycles. The van der Waals surface area contributed by atoms with Gasteiger partial charge in [-0.2, -0.15) is 0 Å². The van der Waals surface area contributed by atoms with Gasteiger partial charge in [0.1, 0.15) is 0 Å². The average Bonchev–Trinajstić information content (AvgIpc) is 2.17. The molecule has 0 unspecified atom stereocenters. The van der Waals surface area contributed by atoms with E-state index in [4.69, 9.17) is 0 Å². The van der Waals surface area contributed by atoms with Crippen LogP contribution in [0.1, 0.15) is 46.5 Å². The van der Waals surface area contributed by atoms with E-state index in [1.165, 1.54) is 12.8 Å². The minimum absolute atomic E-state index is 0.0715. The Labute approximate surface area is 93.2 Å². The first-order valence-corrected chi connectivity index (χ1v) is 5.97. The molecule has 1 N–H and O–H groups in total. The smallest absolute Gasteiger partial charge is 0.317 e. The predicted molar refractivity (Wildman–Crippen MR) is 62.9 cm³/mol. The Balaban J connectivity index is 2.42. The maximum absolute atomic E-state index is 11.6. The van der Waals surface area contributed by atoms with Crippen LogP contribution in [0.4, 0.5) is 4.79 Å². The van der Waals surface area contributed by atoms with Gasteiger partial charge >= 0.3 is 6.03 Å². The number of carbonyl (C=O) groups is 1. The average molecular weight is 212 g/mol. The van der Waals surface area contributed by atoms with E-state index in [9.17, 15) is 4.79 Å². The Bertz CT molecular complexity index is 216. The third kappa shape index (κ3) is 3.40. The second-order valence-corrected chi connectivity index (χ2v) is 5.34. The van der Waals surface area contributed by atoms with Gasteiger partial charge in [-0.05, 0) is 38.0 Å². The summed E-state index contributed by atoms with van der Waals surface area (Å²) in [5.74, 6) is 0. The largest absolute Gasteiger partial charge is 0.338 e. The van der Waals surface area contributed by atoms with Crippen LogP contribution in [-0.4, -0.2) is 30.6 Å². The number of hydrogen-bond acceptors (Lipinski definition) is 1. The molecule has 1 aliphatic rings. The van der Waals surface area contributed by atoms with E-state index < -0.39 is 0 Å². The van der Waals surface area contributed by atoms with Crippen molar-refractivity contribution in [2.24, 2.45) is 5.41 Å². The summed E-state index contributed by atoms with van der Waals surface area (Å²) in [6.07, 6.45) is 4.73. The number of hydrogen-bond donors (Lipinski definition) is 1. The molecule has 1 rings (SSSR count). The number of rotatable bonds is 2. The molecule has 1 aliphatic carbocycles. The number of nitrogens with one attached hydrogen (secondary N) is 1. The normalized spacial score (nSPS) is 21.1. The van der Waals surface area contributed by atoms with Crippen molar-refractivity contribution in [3.63, 3.8) is 0 Å². The zero-order valence-corrected chi connectivity index (χ0v) is 10.5. The van der Waals surface area contributed by atoms with Gasteiger partial charge in [-0.25, -0.2) is 4.79 Å². The molecule has 3 heteroatoms. The Hall–Kier alpha value is -0.730. The Kier molecular flexibility index (Phi) is 4.00. The SMILES string of the molecule is CCNC(=O)N(C)C1CCC(C)(C)CC1. The van der Waals surface area contributed by atoms with Crippen molar-refractivity contribution in [3.8, 4) is 0 Å². The summed E-state index contributed by atoms with van der Waals surface area (Å²) >= 11 is 0. The molecule has 0 aromatic rings. The fourth-order valence-electron chi connectivity index (χ4n) is 2.21.